The van der Waals surface area contributed by atoms with Crippen LogP contribution in [0.2, 0.25) is 0 Å². The normalized spacial score (nSPS) is 15.5. The number of esters is 1. The lowest BCUT2D eigenvalue weighted by Crippen LogP contribution is -2.50. The molecule has 1 aliphatic rings. The maximum atomic E-state index is 12.8. The summed E-state index contributed by atoms with van der Waals surface area (Å²) in [5, 5.41) is 9.60. The van der Waals surface area contributed by atoms with Gasteiger partial charge in [0.05, 0.1) is 19.2 Å². The van der Waals surface area contributed by atoms with E-state index in [-0.39, 0.29) is 19.6 Å². The van der Waals surface area contributed by atoms with Crippen molar-refractivity contribution in [1.82, 2.24) is 4.90 Å². The average molecular weight is 422 g/mol. The highest BCUT2D eigenvalue weighted by Gasteiger charge is 2.39. The number of carbonyl (C=O) groups is 2. The van der Waals surface area contributed by atoms with Crippen molar-refractivity contribution in [2.24, 2.45) is 0 Å². The largest absolute Gasteiger partial charge is 0.487 e. The molecule has 162 valence electrons. The number of methoxy groups -OCH3 is 1. The smallest absolute Gasteiger partial charge is 0.411 e. The van der Waals surface area contributed by atoms with Crippen LogP contribution in [0.5, 0.6) is 5.75 Å². The van der Waals surface area contributed by atoms with Gasteiger partial charge in [-0.1, -0.05) is 36.4 Å². The number of amides is 1. The minimum Gasteiger partial charge on any atom is -0.487 e. The van der Waals surface area contributed by atoms with Crippen molar-refractivity contribution in [3.63, 3.8) is 0 Å². The van der Waals surface area contributed by atoms with Crippen LogP contribution in [0.25, 0.3) is 0 Å². The molecule has 3 rings (SSSR count). The lowest BCUT2D eigenvalue weighted by atomic mass is 9.91. The number of nitrogens with zero attached hydrogens (tertiary/aromatic N) is 2. The van der Waals surface area contributed by atoms with E-state index in [1.54, 1.807) is 32.9 Å². The summed E-state index contributed by atoms with van der Waals surface area (Å²) in [6.07, 6.45) is -0.425. The third-order valence-electron chi connectivity index (χ3n) is 4.92. The van der Waals surface area contributed by atoms with Crippen molar-refractivity contribution in [2.75, 3.05) is 7.11 Å². The molecule has 2 aromatic rings. The van der Waals surface area contributed by atoms with Gasteiger partial charge in [-0.05, 0) is 38.0 Å². The molecular formula is C24H26N2O5. The van der Waals surface area contributed by atoms with E-state index < -0.39 is 23.7 Å². The van der Waals surface area contributed by atoms with E-state index in [2.05, 4.69) is 6.07 Å². The SMILES string of the molecule is COC(=O)C1Cc2c(ccc(C#N)c2OCc2ccccc2)CN1C(=O)OC(C)(C)C. The first-order valence-corrected chi connectivity index (χ1v) is 10.0. The van der Waals surface area contributed by atoms with Crippen LogP contribution in [0, 0.1) is 11.3 Å². The molecule has 1 unspecified atom stereocenters. The van der Waals surface area contributed by atoms with Crippen LogP contribution < -0.4 is 4.74 Å². The van der Waals surface area contributed by atoms with Crippen molar-refractivity contribution < 1.29 is 23.8 Å². The third kappa shape index (κ3) is 5.15. The molecule has 0 saturated heterocycles. The van der Waals surface area contributed by atoms with E-state index in [9.17, 15) is 14.9 Å². The summed E-state index contributed by atoms with van der Waals surface area (Å²) < 4.78 is 16.5. The summed E-state index contributed by atoms with van der Waals surface area (Å²) in [6.45, 7) is 5.74. The minimum atomic E-state index is -0.875. The third-order valence-corrected chi connectivity index (χ3v) is 4.92. The van der Waals surface area contributed by atoms with Gasteiger partial charge in [0.15, 0.2) is 0 Å². The van der Waals surface area contributed by atoms with E-state index in [1.165, 1.54) is 12.0 Å². The van der Waals surface area contributed by atoms with Gasteiger partial charge in [0.25, 0.3) is 0 Å². The minimum absolute atomic E-state index is 0.150. The fraction of sp³-hybridized carbons (Fsp3) is 0.375. The topological polar surface area (TPSA) is 88.9 Å². The van der Waals surface area contributed by atoms with Crippen LogP contribution in [-0.4, -0.2) is 35.7 Å². The Morgan fingerprint density at radius 2 is 1.87 bits per heavy atom. The number of carbonyl (C=O) groups excluding carboxylic acids is 2. The zero-order valence-corrected chi connectivity index (χ0v) is 18.2. The summed E-state index contributed by atoms with van der Waals surface area (Å²) in [4.78, 5) is 26.7. The van der Waals surface area contributed by atoms with Gasteiger partial charge in [-0.25, -0.2) is 9.59 Å². The predicted molar refractivity (Wildman–Crippen MR) is 113 cm³/mol. The van der Waals surface area contributed by atoms with Crippen LogP contribution in [0.1, 0.15) is 43.0 Å². The maximum Gasteiger partial charge on any atom is 0.411 e. The number of rotatable bonds is 4. The molecule has 31 heavy (non-hydrogen) atoms. The first kappa shape index (κ1) is 22.2. The molecule has 1 aliphatic heterocycles. The van der Waals surface area contributed by atoms with Gasteiger partial charge in [-0.2, -0.15) is 5.26 Å². The Kier molecular flexibility index (Phi) is 6.50. The molecule has 0 aliphatic carbocycles. The van der Waals surface area contributed by atoms with Crippen LogP contribution in [0.3, 0.4) is 0 Å². The van der Waals surface area contributed by atoms with Crippen LogP contribution in [0.15, 0.2) is 42.5 Å². The second-order valence-corrected chi connectivity index (χ2v) is 8.32. The Labute approximate surface area is 182 Å². The second-order valence-electron chi connectivity index (χ2n) is 8.32. The number of nitriles is 1. The van der Waals surface area contributed by atoms with Gasteiger partial charge in [-0.3, -0.25) is 4.90 Å². The van der Waals surface area contributed by atoms with Crippen molar-refractivity contribution >= 4 is 12.1 Å². The summed E-state index contributed by atoms with van der Waals surface area (Å²) in [5.41, 5.74) is 2.16. The fourth-order valence-corrected chi connectivity index (χ4v) is 3.48. The first-order valence-electron chi connectivity index (χ1n) is 10.0. The molecular weight excluding hydrogens is 396 g/mol. The Bertz CT molecular complexity index is 1010. The monoisotopic (exact) mass is 422 g/mol. The molecule has 1 heterocycles. The summed E-state index contributed by atoms with van der Waals surface area (Å²) in [5.74, 6) is -0.116. The Morgan fingerprint density at radius 3 is 2.48 bits per heavy atom. The standard InChI is InChI=1S/C24H26N2O5/c1-24(2,3)31-23(28)26-14-18-11-10-17(13-25)21(19(18)12-20(26)22(27)29-4)30-15-16-8-6-5-7-9-16/h5-11,20H,12,14-15H2,1-4H3. The van der Waals surface area contributed by atoms with Crippen molar-refractivity contribution in [1.29, 1.82) is 5.26 Å². The lowest BCUT2D eigenvalue weighted by Gasteiger charge is -2.36. The van der Waals surface area contributed by atoms with E-state index in [0.717, 1.165) is 16.7 Å². The molecule has 7 heteroatoms. The number of hydrogen-bond acceptors (Lipinski definition) is 6. The highest BCUT2D eigenvalue weighted by atomic mass is 16.6. The van der Waals surface area contributed by atoms with E-state index in [4.69, 9.17) is 14.2 Å². The van der Waals surface area contributed by atoms with Crippen LogP contribution in [0.4, 0.5) is 4.79 Å². The summed E-state index contributed by atoms with van der Waals surface area (Å²) in [7, 11) is 1.28. The van der Waals surface area contributed by atoms with E-state index in [0.29, 0.717) is 11.3 Å². The fourth-order valence-electron chi connectivity index (χ4n) is 3.48. The molecule has 7 nitrogen and oxygen atoms in total. The Hall–Kier alpha value is -3.53. The number of hydrogen-bond donors (Lipinski definition) is 0. The molecule has 1 amide bonds. The molecule has 0 aromatic heterocycles. The summed E-state index contributed by atoms with van der Waals surface area (Å²) in [6, 6.07) is 14.4. The van der Waals surface area contributed by atoms with Crippen molar-refractivity contribution in [2.45, 2.75) is 52.0 Å². The number of fused-ring (bicyclic) bond motifs is 1. The first-order chi connectivity index (χ1) is 14.7. The van der Waals surface area contributed by atoms with Gasteiger partial charge in [0.2, 0.25) is 0 Å². The summed E-state index contributed by atoms with van der Waals surface area (Å²) >= 11 is 0. The van der Waals surface area contributed by atoms with Gasteiger partial charge in [-0.15, -0.1) is 0 Å². The zero-order chi connectivity index (χ0) is 22.6. The zero-order valence-electron chi connectivity index (χ0n) is 18.2. The highest BCUT2D eigenvalue weighted by molar-refractivity contribution is 5.83. The lowest BCUT2D eigenvalue weighted by molar-refractivity contribution is -0.147. The van der Waals surface area contributed by atoms with Crippen LogP contribution in [-0.2, 0) is 33.8 Å². The van der Waals surface area contributed by atoms with Gasteiger partial charge < -0.3 is 14.2 Å². The Morgan fingerprint density at radius 1 is 1.16 bits per heavy atom. The number of ether oxygens (including phenoxy) is 3. The van der Waals surface area contributed by atoms with E-state index >= 15 is 0 Å². The van der Waals surface area contributed by atoms with Gasteiger partial charge in [0, 0.05) is 12.0 Å². The Balaban J connectivity index is 1.96. The second kappa shape index (κ2) is 9.09. The molecule has 0 saturated carbocycles. The molecule has 0 N–H and O–H groups in total. The predicted octanol–water partition coefficient (Wildman–Crippen LogP) is 3.97. The van der Waals surface area contributed by atoms with Crippen molar-refractivity contribution in [3.8, 4) is 11.8 Å². The van der Waals surface area contributed by atoms with Crippen LogP contribution >= 0.6 is 0 Å². The molecule has 2 aromatic carbocycles. The van der Waals surface area contributed by atoms with Gasteiger partial charge in [0.1, 0.15) is 30.1 Å². The average Bonchev–Trinajstić information content (AvgIpc) is 2.75. The quantitative estimate of drug-likeness (QED) is 0.693. The highest BCUT2D eigenvalue weighted by Crippen LogP contribution is 2.35. The van der Waals surface area contributed by atoms with Crippen molar-refractivity contribution in [3.05, 3.63) is 64.7 Å². The number of benzene rings is 2. The molecule has 0 radical (unpaired) electrons. The molecule has 0 spiro atoms. The van der Waals surface area contributed by atoms with Gasteiger partial charge >= 0.3 is 12.1 Å². The molecule has 0 bridgehead atoms. The molecule has 1 atom stereocenters. The van der Waals surface area contributed by atoms with E-state index in [1.807, 2.05) is 30.3 Å². The maximum absolute atomic E-state index is 12.8. The molecule has 0 fully saturated rings.